The van der Waals surface area contributed by atoms with Crippen molar-refractivity contribution in [3.05, 3.63) is 17.8 Å². The van der Waals surface area contributed by atoms with Crippen LogP contribution < -0.4 is 5.32 Å². The molecule has 0 aliphatic heterocycles. The maximum Gasteiger partial charge on any atom is 0.194 e. The van der Waals surface area contributed by atoms with Gasteiger partial charge in [0, 0.05) is 6.42 Å². The third-order valence-corrected chi connectivity index (χ3v) is 2.14. The van der Waals surface area contributed by atoms with Gasteiger partial charge >= 0.3 is 0 Å². The van der Waals surface area contributed by atoms with Gasteiger partial charge in [0.2, 0.25) is 0 Å². The average molecular weight is 210 g/mol. The predicted molar refractivity (Wildman–Crippen MR) is 61.9 cm³/mol. The lowest BCUT2D eigenvalue weighted by Crippen LogP contribution is -2.10. The molecule has 3 heteroatoms. The molecule has 86 valence electrons. The number of nitrogens with zero attached hydrogens (tertiary/aromatic N) is 1. The fourth-order valence-electron chi connectivity index (χ4n) is 1.44. The van der Waals surface area contributed by atoms with Gasteiger partial charge in [0.1, 0.15) is 6.26 Å². The molecule has 0 aromatic carbocycles. The first-order chi connectivity index (χ1) is 7.01. The number of oxazole rings is 1. The number of nitrogens with one attached hydrogen (secondary N) is 1. The normalized spacial score (nSPS) is 12.0. The molecule has 0 fully saturated rings. The largest absolute Gasteiger partial charge is 0.449 e. The smallest absolute Gasteiger partial charge is 0.194 e. The van der Waals surface area contributed by atoms with Gasteiger partial charge < -0.3 is 9.73 Å². The number of aromatic nitrogens is 1. The highest BCUT2D eigenvalue weighted by atomic mass is 16.3. The van der Waals surface area contributed by atoms with Crippen LogP contribution in [0.5, 0.6) is 0 Å². The van der Waals surface area contributed by atoms with E-state index in [4.69, 9.17) is 4.42 Å². The minimum Gasteiger partial charge on any atom is -0.449 e. The summed E-state index contributed by atoms with van der Waals surface area (Å²) >= 11 is 0. The highest BCUT2D eigenvalue weighted by Crippen LogP contribution is 2.20. The van der Waals surface area contributed by atoms with Gasteiger partial charge in [-0.2, -0.15) is 0 Å². The Bertz CT molecular complexity index is 286. The van der Waals surface area contributed by atoms with Crippen molar-refractivity contribution in [2.75, 3.05) is 13.6 Å². The number of hydrogen-bond donors (Lipinski definition) is 1. The van der Waals surface area contributed by atoms with Crippen LogP contribution in [0, 0.1) is 5.41 Å². The molecule has 0 aliphatic carbocycles. The van der Waals surface area contributed by atoms with Crippen molar-refractivity contribution in [2.45, 2.75) is 40.0 Å². The molecular formula is C12H22N2O. The quantitative estimate of drug-likeness (QED) is 0.758. The zero-order valence-corrected chi connectivity index (χ0v) is 10.3. The van der Waals surface area contributed by atoms with E-state index >= 15 is 0 Å². The Balaban J connectivity index is 2.42. The molecule has 1 aromatic rings. The molecule has 1 aromatic heterocycles. The molecule has 0 saturated heterocycles. The molecule has 0 atom stereocenters. The Hall–Kier alpha value is -0.830. The minimum absolute atomic E-state index is 0.243. The number of hydrogen-bond acceptors (Lipinski definition) is 3. The van der Waals surface area contributed by atoms with Crippen molar-refractivity contribution >= 4 is 0 Å². The van der Waals surface area contributed by atoms with E-state index in [1.54, 1.807) is 6.26 Å². The molecule has 0 saturated carbocycles. The van der Waals surface area contributed by atoms with Crippen molar-refractivity contribution in [3.8, 4) is 0 Å². The summed E-state index contributed by atoms with van der Waals surface area (Å²) in [5.41, 5.74) is 1.32. The highest BCUT2D eigenvalue weighted by molar-refractivity contribution is 4.98. The molecule has 0 spiro atoms. The summed E-state index contributed by atoms with van der Waals surface area (Å²) in [5, 5.41) is 3.12. The van der Waals surface area contributed by atoms with Crippen LogP contribution in [0.3, 0.4) is 0 Å². The van der Waals surface area contributed by atoms with Crippen LogP contribution in [0.2, 0.25) is 0 Å². The summed E-state index contributed by atoms with van der Waals surface area (Å²) in [6, 6.07) is 0. The Morgan fingerprint density at radius 3 is 2.73 bits per heavy atom. The Morgan fingerprint density at radius 2 is 2.13 bits per heavy atom. The fraction of sp³-hybridized carbons (Fsp3) is 0.750. The lowest BCUT2D eigenvalue weighted by molar-refractivity contribution is 0.354. The molecule has 0 radical (unpaired) electrons. The van der Waals surface area contributed by atoms with Crippen LogP contribution in [0.4, 0.5) is 0 Å². The molecule has 0 amide bonds. The van der Waals surface area contributed by atoms with Crippen LogP contribution >= 0.6 is 0 Å². The molecule has 0 aliphatic rings. The van der Waals surface area contributed by atoms with Crippen LogP contribution in [-0.2, 0) is 12.8 Å². The molecule has 1 N–H and O–H groups in total. The van der Waals surface area contributed by atoms with Gasteiger partial charge in [0.05, 0.1) is 5.69 Å². The van der Waals surface area contributed by atoms with Crippen molar-refractivity contribution in [3.63, 3.8) is 0 Å². The second-order valence-electron chi connectivity index (χ2n) is 5.18. The second-order valence-corrected chi connectivity index (χ2v) is 5.18. The Labute approximate surface area is 92.3 Å². The molecule has 0 unspecified atom stereocenters. The molecule has 3 nitrogen and oxygen atoms in total. The molecule has 1 rings (SSSR count). The first-order valence-corrected chi connectivity index (χ1v) is 5.59. The molecular weight excluding hydrogens is 188 g/mol. The van der Waals surface area contributed by atoms with Gasteiger partial charge in [-0.15, -0.1) is 0 Å². The van der Waals surface area contributed by atoms with Crippen LogP contribution in [0.1, 0.15) is 38.8 Å². The summed E-state index contributed by atoms with van der Waals surface area (Å²) in [6.07, 6.45) is 4.79. The summed E-state index contributed by atoms with van der Waals surface area (Å²) in [4.78, 5) is 4.47. The zero-order valence-electron chi connectivity index (χ0n) is 10.3. The fourth-order valence-corrected chi connectivity index (χ4v) is 1.44. The summed E-state index contributed by atoms with van der Waals surface area (Å²) < 4.78 is 5.44. The third-order valence-electron chi connectivity index (χ3n) is 2.14. The van der Waals surface area contributed by atoms with E-state index in [1.807, 2.05) is 7.05 Å². The van der Waals surface area contributed by atoms with Crippen LogP contribution in [0.15, 0.2) is 10.7 Å². The van der Waals surface area contributed by atoms with E-state index < -0.39 is 0 Å². The Kier molecular flexibility index (Phi) is 4.33. The monoisotopic (exact) mass is 210 g/mol. The topological polar surface area (TPSA) is 38.1 Å². The minimum atomic E-state index is 0.243. The second kappa shape index (κ2) is 5.31. The standard InChI is InChI=1S/C12H22N2O/c1-12(2,3)8-11-14-10(9-15-11)6-5-7-13-4/h9,13H,5-8H2,1-4H3. The van der Waals surface area contributed by atoms with Crippen molar-refractivity contribution in [1.29, 1.82) is 0 Å². The first kappa shape index (κ1) is 12.2. The summed E-state index contributed by atoms with van der Waals surface area (Å²) in [6.45, 7) is 7.61. The van der Waals surface area contributed by atoms with Gasteiger partial charge in [-0.3, -0.25) is 0 Å². The van der Waals surface area contributed by atoms with Crippen molar-refractivity contribution < 1.29 is 4.42 Å². The Morgan fingerprint density at radius 1 is 1.40 bits per heavy atom. The third kappa shape index (κ3) is 4.98. The molecule has 1 heterocycles. The predicted octanol–water partition coefficient (Wildman–Crippen LogP) is 2.42. The van der Waals surface area contributed by atoms with E-state index in [1.165, 1.54) is 0 Å². The van der Waals surface area contributed by atoms with Crippen molar-refractivity contribution in [1.82, 2.24) is 10.3 Å². The SMILES string of the molecule is CNCCCc1coc(CC(C)(C)C)n1. The summed E-state index contributed by atoms with van der Waals surface area (Å²) in [5.74, 6) is 0.863. The van der Waals surface area contributed by atoms with Crippen LogP contribution in [-0.4, -0.2) is 18.6 Å². The van der Waals surface area contributed by atoms with Crippen molar-refractivity contribution in [2.24, 2.45) is 5.41 Å². The van der Waals surface area contributed by atoms with Gasteiger partial charge in [-0.25, -0.2) is 4.98 Å². The van der Waals surface area contributed by atoms with Gasteiger partial charge in [0.15, 0.2) is 5.89 Å². The highest BCUT2D eigenvalue weighted by Gasteiger charge is 2.15. The van der Waals surface area contributed by atoms with Gasteiger partial charge in [0.25, 0.3) is 0 Å². The van der Waals surface area contributed by atoms with Crippen LogP contribution in [0.25, 0.3) is 0 Å². The maximum absolute atomic E-state index is 5.44. The van der Waals surface area contributed by atoms with E-state index in [0.717, 1.165) is 37.4 Å². The maximum atomic E-state index is 5.44. The average Bonchev–Trinajstić information content (AvgIpc) is 2.50. The van der Waals surface area contributed by atoms with E-state index in [2.05, 4.69) is 31.1 Å². The zero-order chi connectivity index (χ0) is 11.3. The van der Waals surface area contributed by atoms with E-state index in [-0.39, 0.29) is 5.41 Å². The van der Waals surface area contributed by atoms with E-state index in [0.29, 0.717) is 0 Å². The lowest BCUT2D eigenvalue weighted by atomic mass is 9.92. The molecule has 15 heavy (non-hydrogen) atoms. The van der Waals surface area contributed by atoms with Gasteiger partial charge in [-0.1, -0.05) is 20.8 Å². The number of rotatable bonds is 5. The first-order valence-electron chi connectivity index (χ1n) is 5.59. The molecule has 0 bridgehead atoms. The van der Waals surface area contributed by atoms with E-state index in [9.17, 15) is 0 Å². The lowest BCUT2D eigenvalue weighted by Gasteiger charge is -2.14. The van der Waals surface area contributed by atoms with Gasteiger partial charge in [-0.05, 0) is 31.8 Å². The number of aryl methyl sites for hydroxylation is 1. The summed E-state index contributed by atoms with van der Waals surface area (Å²) in [7, 11) is 1.97.